The van der Waals surface area contributed by atoms with Crippen molar-refractivity contribution in [1.29, 1.82) is 0 Å². The van der Waals surface area contributed by atoms with Gasteiger partial charge in [-0.1, -0.05) is 37.1 Å². The van der Waals surface area contributed by atoms with Crippen LogP contribution < -0.4 is 16.0 Å². The monoisotopic (exact) mass is 503 g/mol. The second kappa shape index (κ2) is 10.6. The van der Waals surface area contributed by atoms with Crippen LogP contribution >= 0.6 is 24.0 Å². The van der Waals surface area contributed by atoms with Crippen LogP contribution in [0.4, 0.5) is 10.1 Å². The van der Waals surface area contributed by atoms with Gasteiger partial charge in [-0.05, 0) is 36.2 Å². The maximum atomic E-state index is 14.7. The maximum absolute atomic E-state index is 14.7. The van der Waals surface area contributed by atoms with Crippen molar-refractivity contribution in [3.05, 3.63) is 58.4 Å². The number of carbonyl (C=O) groups is 2. The first-order chi connectivity index (χ1) is 14.6. The smallest absolute Gasteiger partial charge is 0.254 e. The Kier molecular flexibility index (Phi) is 8.64. The molecule has 3 rings (SSSR count). The Morgan fingerprint density at radius 3 is 2.56 bits per heavy atom. The van der Waals surface area contributed by atoms with Crippen LogP contribution in [0.25, 0.3) is 0 Å². The van der Waals surface area contributed by atoms with E-state index >= 15 is 0 Å². The van der Waals surface area contributed by atoms with Crippen molar-refractivity contribution >= 4 is 51.3 Å². The van der Waals surface area contributed by atoms with Crippen molar-refractivity contribution in [2.24, 2.45) is 5.73 Å². The molecule has 0 saturated heterocycles. The molecule has 1 aliphatic heterocycles. The van der Waals surface area contributed by atoms with E-state index in [0.29, 0.717) is 23.6 Å². The molecule has 0 saturated carbocycles. The highest BCUT2D eigenvalue weighted by atomic mass is 35.5. The summed E-state index contributed by atoms with van der Waals surface area (Å²) in [7, 11) is -4.06. The molecule has 3 N–H and O–H groups in total. The molecular formula is C21H24Cl2FN3O4S. The summed E-state index contributed by atoms with van der Waals surface area (Å²) in [6, 6.07) is 7.20. The van der Waals surface area contributed by atoms with Crippen LogP contribution in [-0.4, -0.2) is 38.6 Å². The van der Waals surface area contributed by atoms with Crippen LogP contribution in [0.5, 0.6) is 0 Å². The lowest BCUT2D eigenvalue weighted by atomic mass is 10.1. The van der Waals surface area contributed by atoms with Gasteiger partial charge in [0.1, 0.15) is 5.82 Å². The van der Waals surface area contributed by atoms with Crippen LogP contribution in [0.1, 0.15) is 35.7 Å². The lowest BCUT2D eigenvalue weighted by Gasteiger charge is -2.25. The summed E-state index contributed by atoms with van der Waals surface area (Å²) in [5.74, 6) is -2.96. The number of anilines is 1. The van der Waals surface area contributed by atoms with E-state index in [-0.39, 0.29) is 35.1 Å². The third-order valence-electron chi connectivity index (χ3n) is 4.97. The third kappa shape index (κ3) is 5.58. The summed E-state index contributed by atoms with van der Waals surface area (Å²) < 4.78 is 40.3. The summed E-state index contributed by atoms with van der Waals surface area (Å²) in [4.78, 5) is 26.2. The average molecular weight is 504 g/mol. The molecule has 0 radical (unpaired) electrons. The minimum absolute atomic E-state index is 0. The van der Waals surface area contributed by atoms with Crippen molar-refractivity contribution in [2.75, 3.05) is 17.2 Å². The molecule has 1 atom stereocenters. The van der Waals surface area contributed by atoms with Gasteiger partial charge in [0, 0.05) is 11.6 Å². The highest BCUT2D eigenvalue weighted by Gasteiger charge is 2.37. The van der Waals surface area contributed by atoms with Gasteiger partial charge in [0.25, 0.3) is 5.91 Å². The number of sulfone groups is 1. The number of benzene rings is 2. The van der Waals surface area contributed by atoms with Gasteiger partial charge in [0.15, 0.2) is 9.84 Å². The van der Waals surface area contributed by atoms with Crippen LogP contribution in [0, 0.1) is 5.82 Å². The molecular weight excluding hydrogens is 480 g/mol. The van der Waals surface area contributed by atoms with Crippen molar-refractivity contribution in [1.82, 2.24) is 5.32 Å². The third-order valence-corrected chi connectivity index (χ3v) is 7.02. The summed E-state index contributed by atoms with van der Waals surface area (Å²) in [5, 5.41) is 3.10. The zero-order valence-electron chi connectivity index (χ0n) is 17.3. The van der Waals surface area contributed by atoms with Gasteiger partial charge in [-0.25, -0.2) is 12.8 Å². The summed E-state index contributed by atoms with van der Waals surface area (Å²) in [5.41, 5.74) is 6.10. The maximum Gasteiger partial charge on any atom is 0.254 e. The zero-order valence-corrected chi connectivity index (χ0v) is 19.7. The highest BCUT2D eigenvalue weighted by molar-refractivity contribution is 7.91. The summed E-state index contributed by atoms with van der Waals surface area (Å²) >= 11 is 5.91. The Hall–Kier alpha value is -2.20. The molecule has 7 nitrogen and oxygen atoms in total. The van der Waals surface area contributed by atoms with E-state index in [0.717, 1.165) is 18.6 Å². The van der Waals surface area contributed by atoms with E-state index in [2.05, 4.69) is 5.32 Å². The SMILES string of the molecule is CCCCNC(=O)c1cc2c(cc1F)S(=O)(=O)C[C@H](N)C(=O)N2Cc1ccc(Cl)cc1.Cl. The number of nitrogens with one attached hydrogen (secondary N) is 1. The fourth-order valence-corrected chi connectivity index (χ4v) is 5.00. The number of fused-ring (bicyclic) bond motifs is 1. The Balaban J connectivity index is 0.00000363. The molecule has 2 aromatic carbocycles. The minimum Gasteiger partial charge on any atom is -0.352 e. The van der Waals surface area contributed by atoms with Crippen molar-refractivity contribution in [2.45, 2.75) is 37.2 Å². The van der Waals surface area contributed by atoms with Gasteiger partial charge in [-0.3, -0.25) is 9.59 Å². The molecule has 2 aromatic rings. The normalized spacial score (nSPS) is 17.2. The molecule has 0 aromatic heterocycles. The number of amides is 2. The molecule has 11 heteroatoms. The minimum atomic E-state index is -4.06. The van der Waals surface area contributed by atoms with Crippen LogP contribution in [0.3, 0.4) is 0 Å². The number of hydrogen-bond acceptors (Lipinski definition) is 5. The number of halogens is 3. The zero-order chi connectivity index (χ0) is 22.8. The fraction of sp³-hybridized carbons (Fsp3) is 0.333. The molecule has 174 valence electrons. The molecule has 0 spiro atoms. The van der Waals surface area contributed by atoms with E-state index in [4.69, 9.17) is 17.3 Å². The van der Waals surface area contributed by atoms with E-state index < -0.39 is 39.3 Å². The second-order valence-electron chi connectivity index (χ2n) is 7.35. The van der Waals surface area contributed by atoms with Crippen molar-refractivity contribution in [3.63, 3.8) is 0 Å². The predicted molar refractivity (Wildman–Crippen MR) is 124 cm³/mol. The molecule has 2 amide bonds. The van der Waals surface area contributed by atoms with E-state index in [1.807, 2.05) is 6.92 Å². The molecule has 0 bridgehead atoms. The molecule has 1 aliphatic rings. The van der Waals surface area contributed by atoms with Crippen LogP contribution in [-0.2, 0) is 21.2 Å². The fourth-order valence-electron chi connectivity index (χ4n) is 3.30. The molecule has 32 heavy (non-hydrogen) atoms. The lowest BCUT2D eigenvalue weighted by Crippen LogP contribution is -2.45. The van der Waals surface area contributed by atoms with Crippen LogP contribution in [0.15, 0.2) is 41.3 Å². The Morgan fingerprint density at radius 1 is 1.28 bits per heavy atom. The van der Waals surface area contributed by atoms with Gasteiger partial charge in [0.2, 0.25) is 5.91 Å². The van der Waals surface area contributed by atoms with Gasteiger partial charge in [-0.2, -0.15) is 0 Å². The standard InChI is InChI=1S/C21H23ClFN3O4S.ClH/c1-2-3-8-25-20(27)15-9-18-19(10-16(15)23)31(29,30)12-17(24)21(28)26(18)11-13-4-6-14(22)7-5-13;/h4-7,9-10,17H,2-3,8,11-12,24H2,1H3,(H,25,27);1H/t17-;/m0./s1. The predicted octanol–water partition coefficient (Wildman–Crippen LogP) is 3.08. The number of rotatable bonds is 6. The number of carbonyl (C=O) groups excluding carboxylic acids is 2. The van der Waals surface area contributed by atoms with E-state index in [9.17, 15) is 22.4 Å². The summed E-state index contributed by atoms with van der Waals surface area (Å²) in [6.07, 6.45) is 1.55. The van der Waals surface area contributed by atoms with Crippen molar-refractivity contribution < 1.29 is 22.4 Å². The molecule has 1 heterocycles. The number of hydrogen-bond donors (Lipinski definition) is 2. The van der Waals surface area contributed by atoms with E-state index in [1.54, 1.807) is 24.3 Å². The topological polar surface area (TPSA) is 110 Å². The lowest BCUT2D eigenvalue weighted by molar-refractivity contribution is -0.119. The first-order valence-corrected chi connectivity index (χ1v) is 11.8. The Morgan fingerprint density at radius 2 is 1.94 bits per heavy atom. The average Bonchev–Trinajstić information content (AvgIpc) is 2.78. The highest BCUT2D eigenvalue weighted by Crippen LogP contribution is 2.34. The van der Waals surface area contributed by atoms with Crippen molar-refractivity contribution in [3.8, 4) is 0 Å². The molecule has 0 fully saturated rings. The Labute approximate surface area is 197 Å². The quantitative estimate of drug-likeness (QED) is 0.588. The first kappa shape index (κ1) is 26.1. The van der Waals surface area contributed by atoms with Gasteiger partial charge in [0.05, 0.1) is 34.5 Å². The summed E-state index contributed by atoms with van der Waals surface area (Å²) in [6.45, 7) is 2.28. The number of nitrogens with two attached hydrogens (primary N) is 1. The van der Waals surface area contributed by atoms with Gasteiger partial charge < -0.3 is 16.0 Å². The largest absolute Gasteiger partial charge is 0.352 e. The molecule has 0 aliphatic carbocycles. The van der Waals surface area contributed by atoms with Crippen LogP contribution in [0.2, 0.25) is 5.02 Å². The number of nitrogens with zero attached hydrogens (tertiary/aromatic N) is 1. The van der Waals surface area contributed by atoms with Gasteiger partial charge >= 0.3 is 0 Å². The van der Waals surface area contributed by atoms with E-state index in [1.165, 1.54) is 4.90 Å². The number of unbranched alkanes of at least 4 members (excludes halogenated alkanes) is 1. The first-order valence-electron chi connectivity index (χ1n) is 9.80. The van der Waals surface area contributed by atoms with Gasteiger partial charge in [-0.15, -0.1) is 12.4 Å². The Bertz CT molecular complexity index is 1110. The second-order valence-corrected chi connectivity index (χ2v) is 9.79. The molecule has 0 unspecified atom stereocenters.